The summed E-state index contributed by atoms with van der Waals surface area (Å²) in [4.78, 5) is 80.8. The van der Waals surface area contributed by atoms with Crippen molar-refractivity contribution in [2.24, 2.45) is 5.73 Å². The first-order valence-corrected chi connectivity index (χ1v) is 16.6. The predicted octanol–water partition coefficient (Wildman–Crippen LogP) is -2.28. The van der Waals surface area contributed by atoms with Crippen LogP contribution in [0.4, 0.5) is 0 Å². The third-order valence-corrected chi connectivity index (χ3v) is 8.99. The maximum atomic E-state index is 13.7. The van der Waals surface area contributed by atoms with Gasteiger partial charge in [0.15, 0.2) is 0 Å². The zero-order chi connectivity index (χ0) is 37.2. The van der Waals surface area contributed by atoms with Crippen molar-refractivity contribution in [3.05, 3.63) is 59.7 Å². The molecule has 4 rings (SSSR count). The summed E-state index contributed by atoms with van der Waals surface area (Å²) >= 11 is 0. The number of aliphatic carboxylic acids is 1. The Morgan fingerprint density at radius 2 is 1.12 bits per heavy atom. The summed E-state index contributed by atoms with van der Waals surface area (Å²) in [5, 5.41) is 56.2. The maximum Gasteiger partial charge on any atom is 0.326 e. The molecule has 0 aromatic heterocycles. The number of nitrogens with zero attached hydrogens (tertiary/aromatic N) is 2. The second-order valence-electron chi connectivity index (χ2n) is 12.6. The lowest BCUT2D eigenvalue weighted by Gasteiger charge is -2.30. The highest BCUT2D eigenvalue weighted by Gasteiger charge is 2.41. The monoisotopic (exact) mass is 712 g/mol. The number of hydrogen-bond donors (Lipinski definition) is 9. The van der Waals surface area contributed by atoms with Crippen LogP contribution in [0, 0.1) is 0 Å². The van der Waals surface area contributed by atoms with Crippen molar-refractivity contribution in [3.63, 3.8) is 0 Å². The molecule has 17 nitrogen and oxygen atoms in total. The second-order valence-corrected chi connectivity index (χ2v) is 12.6. The van der Waals surface area contributed by atoms with E-state index in [0.29, 0.717) is 24.0 Å². The van der Waals surface area contributed by atoms with E-state index in [1.165, 1.54) is 41.3 Å². The first-order valence-electron chi connectivity index (χ1n) is 16.6. The second kappa shape index (κ2) is 17.6. The highest BCUT2D eigenvalue weighted by atomic mass is 16.4. The fraction of sp³-hybridized carbons (Fsp3) is 0.471. The molecule has 276 valence electrons. The molecule has 2 saturated heterocycles. The third kappa shape index (κ3) is 9.93. The molecule has 6 atom stereocenters. The highest BCUT2D eigenvalue weighted by molar-refractivity contribution is 5.97. The molecule has 5 amide bonds. The number of amides is 5. The summed E-state index contributed by atoms with van der Waals surface area (Å²) in [6.45, 7) is -1.39. The van der Waals surface area contributed by atoms with Gasteiger partial charge in [-0.25, -0.2) is 4.79 Å². The van der Waals surface area contributed by atoms with Crippen LogP contribution in [-0.4, -0.2) is 133 Å². The predicted molar refractivity (Wildman–Crippen MR) is 179 cm³/mol. The lowest BCUT2D eigenvalue weighted by molar-refractivity contribution is -0.150. The summed E-state index contributed by atoms with van der Waals surface area (Å²) in [6.07, 6.45) is 1.20. The summed E-state index contributed by atoms with van der Waals surface area (Å²) in [6, 6.07) is 4.27. The summed E-state index contributed by atoms with van der Waals surface area (Å²) < 4.78 is 0. The van der Waals surface area contributed by atoms with Gasteiger partial charge in [-0.3, -0.25) is 24.0 Å². The Hall–Kier alpha value is -5.26. The van der Waals surface area contributed by atoms with Gasteiger partial charge in [0.05, 0.1) is 19.3 Å². The van der Waals surface area contributed by atoms with Crippen LogP contribution in [0.2, 0.25) is 0 Å². The van der Waals surface area contributed by atoms with Crippen molar-refractivity contribution in [1.82, 2.24) is 25.8 Å². The van der Waals surface area contributed by atoms with Crippen LogP contribution in [-0.2, 0) is 41.6 Å². The Kier molecular flexibility index (Phi) is 13.3. The Labute approximate surface area is 293 Å². The number of aliphatic hydroxyl groups is 2. The minimum absolute atomic E-state index is 0.0388. The molecule has 2 aliphatic heterocycles. The number of carboxylic acid groups (broad SMARTS) is 1. The molecular formula is C34H44N6O11. The van der Waals surface area contributed by atoms with Crippen molar-refractivity contribution in [2.75, 3.05) is 26.3 Å². The number of nitrogens with two attached hydrogens (primary N) is 1. The van der Waals surface area contributed by atoms with Crippen LogP contribution in [0.15, 0.2) is 48.5 Å². The molecule has 0 aliphatic carbocycles. The largest absolute Gasteiger partial charge is 0.508 e. The minimum Gasteiger partial charge on any atom is -0.508 e. The van der Waals surface area contributed by atoms with E-state index in [0.717, 1.165) is 4.90 Å². The van der Waals surface area contributed by atoms with Gasteiger partial charge < -0.3 is 57.0 Å². The summed E-state index contributed by atoms with van der Waals surface area (Å²) in [7, 11) is 0. The molecular weight excluding hydrogens is 668 g/mol. The normalized spacial score (nSPS) is 19.4. The number of carbonyl (C=O) groups excluding carboxylic acids is 5. The molecule has 2 aliphatic rings. The number of rotatable bonds is 15. The summed E-state index contributed by atoms with van der Waals surface area (Å²) in [5.41, 5.74) is 7.19. The number of likely N-dealkylation sites (tertiary alicyclic amines) is 2. The number of benzene rings is 2. The van der Waals surface area contributed by atoms with Gasteiger partial charge in [0.2, 0.25) is 29.5 Å². The van der Waals surface area contributed by atoms with Gasteiger partial charge in [-0.05, 0) is 67.5 Å². The van der Waals surface area contributed by atoms with Crippen LogP contribution in [0.25, 0.3) is 0 Å². The smallest absolute Gasteiger partial charge is 0.326 e. The molecule has 10 N–H and O–H groups in total. The molecule has 0 spiro atoms. The Balaban J connectivity index is 1.45. The van der Waals surface area contributed by atoms with Crippen molar-refractivity contribution in [3.8, 4) is 11.5 Å². The number of hydrogen-bond acceptors (Lipinski definition) is 11. The summed E-state index contributed by atoms with van der Waals surface area (Å²) in [5.74, 6) is -5.08. The van der Waals surface area contributed by atoms with Crippen LogP contribution >= 0.6 is 0 Å². The van der Waals surface area contributed by atoms with Crippen molar-refractivity contribution in [2.45, 2.75) is 74.8 Å². The van der Waals surface area contributed by atoms with E-state index in [2.05, 4.69) is 16.0 Å². The molecule has 2 heterocycles. The van der Waals surface area contributed by atoms with Crippen LogP contribution in [0.1, 0.15) is 36.8 Å². The van der Waals surface area contributed by atoms with Crippen LogP contribution in [0.3, 0.4) is 0 Å². The number of carboxylic acids is 1. The lowest BCUT2D eigenvalue weighted by Crippen LogP contribution is -2.60. The fourth-order valence-corrected chi connectivity index (χ4v) is 6.24. The fourth-order valence-electron chi connectivity index (χ4n) is 6.24. The third-order valence-electron chi connectivity index (χ3n) is 8.99. The topological polar surface area (TPSA) is 272 Å². The quantitative estimate of drug-likeness (QED) is 0.0945. The van der Waals surface area contributed by atoms with E-state index in [4.69, 9.17) is 5.73 Å². The Morgan fingerprint density at radius 3 is 1.61 bits per heavy atom. The number of phenols is 2. The number of phenolic OH excluding ortho intramolecular Hbond substituents is 2. The highest BCUT2D eigenvalue weighted by Crippen LogP contribution is 2.21. The van der Waals surface area contributed by atoms with Crippen molar-refractivity contribution in [1.29, 1.82) is 0 Å². The Morgan fingerprint density at radius 1 is 0.667 bits per heavy atom. The lowest BCUT2D eigenvalue weighted by atomic mass is 10.0. The van der Waals surface area contributed by atoms with Gasteiger partial charge in [0.1, 0.15) is 41.7 Å². The number of aliphatic hydroxyl groups excluding tert-OH is 2. The average Bonchev–Trinajstić information content (AvgIpc) is 3.81. The van der Waals surface area contributed by atoms with E-state index in [-0.39, 0.29) is 50.3 Å². The first-order chi connectivity index (χ1) is 24.3. The van der Waals surface area contributed by atoms with Crippen LogP contribution < -0.4 is 21.7 Å². The van der Waals surface area contributed by atoms with E-state index >= 15 is 0 Å². The molecule has 2 aromatic rings. The standard InChI is InChI=1S/C34H44N6O11/c35-23(15-19-5-9-21(43)10-6-19)29(45)37-25(17-41)32(48)39-13-1-3-27(39)31(47)36-24(16-20-7-11-22(44)12-8-20)30(46)38-26(18-42)33(49)40-14-2-4-28(40)34(50)51/h5-12,23-28,41-44H,1-4,13-18,35H2,(H,36,47)(H,37,45)(H,38,46)(H,50,51)/t23-,24-,25-,26-,27-,28-/m0/s1. The zero-order valence-corrected chi connectivity index (χ0v) is 27.8. The van der Waals surface area contributed by atoms with Gasteiger partial charge >= 0.3 is 5.97 Å². The number of aromatic hydroxyl groups is 2. The minimum atomic E-state index is -1.50. The van der Waals surface area contributed by atoms with Gasteiger partial charge in [-0.15, -0.1) is 0 Å². The van der Waals surface area contributed by atoms with E-state index in [9.17, 15) is 54.3 Å². The van der Waals surface area contributed by atoms with Crippen molar-refractivity contribution < 1.29 is 54.3 Å². The molecule has 2 aromatic carbocycles. The molecule has 0 unspecified atom stereocenters. The van der Waals surface area contributed by atoms with E-state index in [1.807, 2.05) is 0 Å². The van der Waals surface area contributed by atoms with Gasteiger partial charge in [-0.2, -0.15) is 0 Å². The van der Waals surface area contributed by atoms with Gasteiger partial charge in [0, 0.05) is 19.5 Å². The molecule has 51 heavy (non-hydrogen) atoms. The SMILES string of the molecule is N[C@@H](Cc1ccc(O)cc1)C(=O)N[C@@H](CO)C(=O)N1CCC[C@H]1C(=O)N[C@@H](Cc1ccc(O)cc1)C(=O)N[C@@H](CO)C(=O)N1CCC[C@H]1C(=O)O. The number of nitrogens with one attached hydrogen (secondary N) is 3. The molecule has 0 saturated carbocycles. The van der Waals surface area contributed by atoms with Crippen LogP contribution in [0.5, 0.6) is 11.5 Å². The molecule has 0 bridgehead atoms. The number of carbonyl (C=O) groups is 6. The molecule has 0 radical (unpaired) electrons. The molecule has 17 heteroatoms. The first kappa shape index (κ1) is 38.5. The zero-order valence-electron chi connectivity index (χ0n) is 27.8. The Bertz CT molecular complexity index is 1570. The maximum absolute atomic E-state index is 13.7. The molecule has 2 fully saturated rings. The van der Waals surface area contributed by atoms with Crippen molar-refractivity contribution >= 4 is 35.5 Å². The van der Waals surface area contributed by atoms with E-state index < -0.39 is 85.0 Å². The average molecular weight is 713 g/mol. The van der Waals surface area contributed by atoms with Gasteiger partial charge in [0.25, 0.3) is 0 Å². The van der Waals surface area contributed by atoms with Gasteiger partial charge in [-0.1, -0.05) is 24.3 Å². The van der Waals surface area contributed by atoms with E-state index in [1.54, 1.807) is 12.1 Å².